The fraction of sp³-hybridized carbons (Fsp3) is 0.400. The van der Waals surface area contributed by atoms with Crippen molar-refractivity contribution in [2.24, 2.45) is 5.92 Å². The molecule has 2 aliphatic heterocycles. The number of carbonyl (C=O) groups is 1. The first-order chi connectivity index (χ1) is 28.4. The van der Waals surface area contributed by atoms with Crippen LogP contribution in [0, 0.1) is 36.0 Å². The minimum absolute atomic E-state index is 0.0128. The van der Waals surface area contributed by atoms with Crippen LogP contribution in [-0.2, 0) is 26.4 Å². The summed E-state index contributed by atoms with van der Waals surface area (Å²) in [4.78, 5) is 44.8. The Balaban J connectivity index is 1.04. The number of piperidine rings is 1. The molecule has 0 spiro atoms. The van der Waals surface area contributed by atoms with Crippen LogP contribution in [-0.4, -0.2) is 103 Å². The number of thiophene rings is 1. The van der Waals surface area contributed by atoms with Gasteiger partial charge in [0.25, 0.3) is 17.4 Å². The third kappa shape index (κ3) is 8.21. The van der Waals surface area contributed by atoms with Gasteiger partial charge in [0.15, 0.2) is 9.84 Å². The van der Waals surface area contributed by atoms with Crippen LogP contribution in [0.2, 0.25) is 5.02 Å². The summed E-state index contributed by atoms with van der Waals surface area (Å²) in [6.07, 6.45) is 4.11. The zero-order valence-corrected chi connectivity index (χ0v) is 35.5. The van der Waals surface area contributed by atoms with E-state index in [0.717, 1.165) is 0 Å². The van der Waals surface area contributed by atoms with E-state index in [-0.39, 0.29) is 70.5 Å². The van der Waals surface area contributed by atoms with Crippen LogP contribution in [0.4, 0.5) is 14.6 Å². The van der Waals surface area contributed by atoms with Crippen molar-refractivity contribution in [1.29, 1.82) is 5.26 Å². The van der Waals surface area contributed by atoms with Crippen molar-refractivity contribution in [3.63, 3.8) is 0 Å². The number of sulfonamides is 1. The Kier molecular flexibility index (Phi) is 11.0. The first-order valence-corrected chi connectivity index (χ1v) is 23.7. The number of hydrogen-bond acceptors (Lipinski definition) is 13. The van der Waals surface area contributed by atoms with Gasteiger partial charge in [-0.3, -0.25) is 24.0 Å². The zero-order valence-electron chi connectivity index (χ0n) is 32.3. The Morgan fingerprint density at radius 1 is 1.15 bits per heavy atom. The number of fused-ring (bicyclic) bond motifs is 2. The van der Waals surface area contributed by atoms with E-state index in [9.17, 15) is 40.5 Å². The topological polar surface area (TPSA) is 188 Å². The quantitative estimate of drug-likeness (QED) is 0.200. The van der Waals surface area contributed by atoms with Crippen LogP contribution in [0.15, 0.2) is 46.8 Å². The van der Waals surface area contributed by atoms with Gasteiger partial charge in [0, 0.05) is 84.3 Å². The second kappa shape index (κ2) is 15.8. The van der Waals surface area contributed by atoms with Crippen LogP contribution in [0.1, 0.15) is 53.0 Å². The highest BCUT2D eigenvalue weighted by Gasteiger charge is 2.48. The summed E-state index contributed by atoms with van der Waals surface area (Å²) in [5.41, 5.74) is 1.93. The molecule has 1 saturated carbocycles. The number of hydrogen-bond donors (Lipinski definition) is 1. The standard InChI is InChI=1S/C40H37ClF2N8O6S3/c1-23-47-33-18-46-37(49(2)27-8-12-50(13-9-27)28-15-40(42,43)16-28)31(17-44)34(33)39(53)51(23)11-3-4-25-5-6-26(41)14-30(25)29-7-10-45-35-32(19-58-36(29)35)38(52)48-60(56,57)22-24-20-59(54,55)21-24/h5-7,10,14,18-19,24,27-28H,8-9,11-13,15-16,20-22H2,1-2H3,(H,48,52). The number of rotatable bonds is 9. The summed E-state index contributed by atoms with van der Waals surface area (Å²) in [5, 5.41) is 12.4. The van der Waals surface area contributed by atoms with Crippen molar-refractivity contribution in [3.8, 4) is 29.0 Å². The summed E-state index contributed by atoms with van der Waals surface area (Å²) in [6.45, 7) is 2.88. The summed E-state index contributed by atoms with van der Waals surface area (Å²) in [5.74, 6) is 1.86. The third-order valence-corrected chi connectivity index (χ3v) is 16.0. The normalized spacial score (nSPS) is 18.3. The Labute approximate surface area is 353 Å². The van der Waals surface area contributed by atoms with E-state index in [1.165, 1.54) is 33.7 Å². The van der Waals surface area contributed by atoms with Gasteiger partial charge in [-0.25, -0.2) is 40.3 Å². The van der Waals surface area contributed by atoms with Crippen molar-refractivity contribution in [3.05, 3.63) is 79.9 Å². The van der Waals surface area contributed by atoms with E-state index in [0.29, 0.717) is 64.0 Å². The molecular weight excluding hydrogens is 858 g/mol. The number of nitrogens with zero attached hydrogens (tertiary/aromatic N) is 7. The number of anilines is 1. The van der Waals surface area contributed by atoms with Gasteiger partial charge in [0.1, 0.15) is 23.3 Å². The minimum Gasteiger partial charge on any atom is -0.355 e. The Bertz CT molecular complexity index is 2970. The molecule has 0 radical (unpaired) electrons. The van der Waals surface area contributed by atoms with Gasteiger partial charge in [0.05, 0.1) is 56.7 Å². The molecule has 1 aliphatic carbocycles. The molecule has 312 valence electrons. The number of nitriles is 1. The van der Waals surface area contributed by atoms with Gasteiger partial charge in [0.2, 0.25) is 10.0 Å². The number of likely N-dealkylation sites (tertiary alicyclic amines) is 1. The molecule has 3 aliphatic rings. The van der Waals surface area contributed by atoms with Crippen molar-refractivity contribution in [1.82, 2.24) is 29.1 Å². The molecule has 3 fully saturated rings. The third-order valence-electron chi connectivity index (χ3n) is 11.4. The van der Waals surface area contributed by atoms with E-state index in [1.54, 1.807) is 31.2 Å². The molecule has 60 heavy (non-hydrogen) atoms. The molecule has 5 aromatic rings. The number of halogens is 3. The number of nitrogens with one attached hydrogen (secondary N) is 1. The Morgan fingerprint density at radius 3 is 2.57 bits per heavy atom. The molecule has 2 saturated heterocycles. The summed E-state index contributed by atoms with van der Waals surface area (Å²) >= 11 is 7.63. The second-order valence-electron chi connectivity index (χ2n) is 15.5. The first kappa shape index (κ1) is 41.7. The molecule has 14 nitrogen and oxygen atoms in total. The predicted octanol–water partition coefficient (Wildman–Crippen LogP) is 4.76. The largest absolute Gasteiger partial charge is 0.355 e. The molecule has 8 rings (SSSR count). The van der Waals surface area contributed by atoms with Gasteiger partial charge in [-0.05, 0) is 44.0 Å². The zero-order chi connectivity index (χ0) is 42.7. The number of aromatic nitrogens is 4. The lowest BCUT2D eigenvalue weighted by atomic mass is 9.85. The highest BCUT2D eigenvalue weighted by Crippen LogP contribution is 2.42. The number of alkyl halides is 2. The van der Waals surface area contributed by atoms with Crippen molar-refractivity contribution in [2.75, 3.05) is 42.3 Å². The summed E-state index contributed by atoms with van der Waals surface area (Å²) in [6, 6.07) is 8.85. The molecule has 1 N–H and O–H groups in total. The molecule has 20 heteroatoms. The number of amides is 1. The lowest BCUT2D eigenvalue weighted by Gasteiger charge is -2.46. The van der Waals surface area contributed by atoms with Crippen LogP contribution in [0.25, 0.3) is 32.2 Å². The van der Waals surface area contributed by atoms with Gasteiger partial charge >= 0.3 is 0 Å². The number of aryl methyl sites for hydroxylation is 1. The Morgan fingerprint density at radius 2 is 1.88 bits per heavy atom. The van der Waals surface area contributed by atoms with E-state index in [2.05, 4.69) is 37.8 Å². The van der Waals surface area contributed by atoms with E-state index in [1.807, 2.05) is 16.7 Å². The average Bonchev–Trinajstić information content (AvgIpc) is 3.62. The predicted molar refractivity (Wildman–Crippen MR) is 225 cm³/mol. The lowest BCUT2D eigenvalue weighted by Crippen LogP contribution is -2.55. The van der Waals surface area contributed by atoms with E-state index in [4.69, 9.17) is 11.6 Å². The smallest absolute Gasteiger partial charge is 0.267 e. The van der Waals surface area contributed by atoms with Crippen molar-refractivity contribution >= 4 is 75.6 Å². The molecule has 4 aromatic heterocycles. The number of carbonyl (C=O) groups excluding carboxylic acids is 1. The van der Waals surface area contributed by atoms with Gasteiger partial charge in [-0.1, -0.05) is 23.4 Å². The summed E-state index contributed by atoms with van der Waals surface area (Å²) in [7, 11) is -5.54. The maximum absolute atomic E-state index is 14.1. The lowest BCUT2D eigenvalue weighted by molar-refractivity contribution is -0.127. The monoisotopic (exact) mass is 894 g/mol. The molecule has 0 atom stereocenters. The minimum atomic E-state index is -4.13. The van der Waals surface area contributed by atoms with Gasteiger partial charge < -0.3 is 4.90 Å². The van der Waals surface area contributed by atoms with Crippen LogP contribution in [0.3, 0.4) is 0 Å². The SMILES string of the molecule is Cc1nc2cnc(N(C)C3CCN(C4CC(F)(F)C4)CC3)c(C#N)c2c(=O)n1CC#Cc1ccc(Cl)cc1-c1ccnc2c(C(=O)NS(=O)(=O)CC3CS(=O)(=O)C3)csc12. The number of benzene rings is 1. The van der Waals surface area contributed by atoms with E-state index >= 15 is 0 Å². The maximum Gasteiger partial charge on any atom is 0.267 e. The van der Waals surface area contributed by atoms with Gasteiger partial charge in [-0.15, -0.1) is 11.3 Å². The molecule has 6 heterocycles. The Hall–Kier alpha value is -5.05. The summed E-state index contributed by atoms with van der Waals surface area (Å²) < 4.78 is 79.4. The number of pyridine rings is 2. The van der Waals surface area contributed by atoms with Crippen molar-refractivity contribution in [2.45, 2.75) is 57.2 Å². The van der Waals surface area contributed by atoms with Crippen LogP contribution >= 0.6 is 22.9 Å². The van der Waals surface area contributed by atoms with E-state index < -0.39 is 48.9 Å². The highest BCUT2D eigenvalue weighted by molar-refractivity contribution is 7.93. The van der Waals surface area contributed by atoms with Crippen LogP contribution in [0.5, 0.6) is 0 Å². The second-order valence-corrected chi connectivity index (χ2v) is 20.7. The fourth-order valence-corrected chi connectivity index (χ4v) is 12.7. The molecule has 1 aromatic carbocycles. The fourth-order valence-electron chi connectivity index (χ4n) is 8.25. The molecular formula is C40H37ClF2N8O6S3. The molecule has 1 amide bonds. The maximum atomic E-state index is 14.1. The first-order valence-electron chi connectivity index (χ1n) is 19.0. The number of sulfone groups is 1. The van der Waals surface area contributed by atoms with Crippen molar-refractivity contribution < 1.29 is 30.4 Å². The van der Waals surface area contributed by atoms with Gasteiger partial charge in [-0.2, -0.15) is 5.26 Å². The molecule has 0 unspecified atom stereocenters. The highest BCUT2D eigenvalue weighted by atomic mass is 35.5. The molecule has 0 bridgehead atoms. The van der Waals surface area contributed by atoms with Crippen LogP contribution < -0.4 is 15.2 Å². The average molecular weight is 895 g/mol.